The average molecular weight is 230 g/mol. The lowest BCUT2D eigenvalue weighted by atomic mass is 10.2. The maximum atomic E-state index is 11.6. The van der Waals surface area contributed by atoms with Gasteiger partial charge < -0.3 is 4.74 Å². The third kappa shape index (κ3) is 4.03. The standard InChI is InChI=1S/C13H14N2O2/c1-10(2)12(15-9-14)13(16)17-8-11-6-4-3-5-7-11/h3-7,9,14H,1,8H2,2H3. The monoisotopic (exact) mass is 230 g/mol. The molecule has 0 bridgehead atoms. The predicted octanol–water partition coefficient (Wildman–Crippen LogP) is 2.35. The van der Waals surface area contributed by atoms with Crippen molar-refractivity contribution in [2.75, 3.05) is 0 Å². The molecule has 0 fully saturated rings. The van der Waals surface area contributed by atoms with Gasteiger partial charge in [0.05, 0.1) is 0 Å². The van der Waals surface area contributed by atoms with E-state index in [0.717, 1.165) is 11.9 Å². The highest BCUT2D eigenvalue weighted by Gasteiger charge is 2.13. The third-order valence-corrected chi connectivity index (χ3v) is 2.00. The van der Waals surface area contributed by atoms with Crippen molar-refractivity contribution in [1.29, 1.82) is 5.41 Å². The Morgan fingerprint density at radius 1 is 1.47 bits per heavy atom. The molecule has 17 heavy (non-hydrogen) atoms. The second-order valence-corrected chi connectivity index (χ2v) is 3.45. The largest absolute Gasteiger partial charge is 0.456 e. The van der Waals surface area contributed by atoms with Gasteiger partial charge in [-0.1, -0.05) is 36.9 Å². The number of benzene rings is 1. The number of carbonyl (C=O) groups is 1. The van der Waals surface area contributed by atoms with Crippen molar-refractivity contribution in [1.82, 2.24) is 0 Å². The molecule has 4 nitrogen and oxygen atoms in total. The van der Waals surface area contributed by atoms with Crippen LogP contribution in [0, 0.1) is 5.41 Å². The van der Waals surface area contributed by atoms with E-state index in [1.54, 1.807) is 6.92 Å². The second-order valence-electron chi connectivity index (χ2n) is 3.45. The van der Waals surface area contributed by atoms with Crippen LogP contribution in [0.3, 0.4) is 0 Å². The van der Waals surface area contributed by atoms with E-state index in [1.807, 2.05) is 30.3 Å². The van der Waals surface area contributed by atoms with Gasteiger partial charge in [-0.15, -0.1) is 0 Å². The number of carbonyl (C=O) groups excluding carboxylic acids is 1. The van der Waals surface area contributed by atoms with E-state index in [9.17, 15) is 4.79 Å². The summed E-state index contributed by atoms with van der Waals surface area (Å²) in [6.45, 7) is 5.44. The first kappa shape index (κ1) is 12.8. The summed E-state index contributed by atoms with van der Waals surface area (Å²) in [5.41, 5.74) is 1.46. The molecule has 1 N–H and O–H groups in total. The van der Waals surface area contributed by atoms with Crippen molar-refractivity contribution in [3.8, 4) is 0 Å². The number of hydrogen-bond donors (Lipinski definition) is 1. The molecule has 0 saturated carbocycles. The number of nitrogens with one attached hydrogen (secondary N) is 1. The van der Waals surface area contributed by atoms with Gasteiger partial charge in [0.1, 0.15) is 12.9 Å². The minimum atomic E-state index is -0.565. The maximum absolute atomic E-state index is 11.6. The van der Waals surface area contributed by atoms with Crippen molar-refractivity contribution in [3.05, 3.63) is 48.0 Å². The molecule has 0 unspecified atom stereocenters. The van der Waals surface area contributed by atoms with Crippen LogP contribution < -0.4 is 0 Å². The number of nitrogens with zero attached hydrogens (tertiary/aromatic N) is 1. The molecule has 0 radical (unpaired) electrons. The number of rotatable bonds is 5. The summed E-state index contributed by atoms with van der Waals surface area (Å²) >= 11 is 0. The SMILES string of the molecule is C=C(C)C(=NC=N)C(=O)OCc1ccccc1. The smallest absolute Gasteiger partial charge is 0.357 e. The fourth-order valence-electron chi connectivity index (χ4n) is 1.19. The summed E-state index contributed by atoms with van der Waals surface area (Å²) in [5.74, 6) is -0.565. The van der Waals surface area contributed by atoms with Crippen LogP contribution in [0.15, 0.2) is 47.5 Å². The molecule has 0 amide bonds. The number of ether oxygens (including phenoxy) is 1. The Hall–Kier alpha value is -2.23. The fourth-order valence-corrected chi connectivity index (χ4v) is 1.19. The minimum absolute atomic E-state index is 0.0796. The van der Waals surface area contributed by atoms with Gasteiger partial charge in [-0.2, -0.15) is 0 Å². The lowest BCUT2D eigenvalue weighted by molar-refractivity contribution is -0.136. The van der Waals surface area contributed by atoms with E-state index < -0.39 is 5.97 Å². The van der Waals surface area contributed by atoms with E-state index >= 15 is 0 Å². The van der Waals surface area contributed by atoms with Crippen LogP contribution in [0.25, 0.3) is 0 Å². The summed E-state index contributed by atoms with van der Waals surface area (Å²) < 4.78 is 5.07. The zero-order chi connectivity index (χ0) is 12.7. The third-order valence-electron chi connectivity index (χ3n) is 2.00. The highest BCUT2D eigenvalue weighted by Crippen LogP contribution is 2.03. The summed E-state index contributed by atoms with van der Waals surface area (Å²) in [5, 5.41) is 6.85. The molecule has 0 saturated heterocycles. The van der Waals surface area contributed by atoms with Gasteiger partial charge in [-0.25, -0.2) is 9.79 Å². The first-order valence-electron chi connectivity index (χ1n) is 5.09. The van der Waals surface area contributed by atoms with Crippen LogP contribution in [-0.2, 0) is 16.1 Å². The van der Waals surface area contributed by atoms with Crippen molar-refractivity contribution in [2.24, 2.45) is 4.99 Å². The summed E-state index contributed by atoms with van der Waals surface area (Å²) in [7, 11) is 0. The fraction of sp³-hybridized carbons (Fsp3) is 0.154. The van der Waals surface area contributed by atoms with E-state index in [2.05, 4.69) is 11.6 Å². The van der Waals surface area contributed by atoms with E-state index in [1.165, 1.54) is 0 Å². The van der Waals surface area contributed by atoms with Crippen LogP contribution in [0.5, 0.6) is 0 Å². The van der Waals surface area contributed by atoms with Gasteiger partial charge in [-0.05, 0) is 18.1 Å². The van der Waals surface area contributed by atoms with E-state index in [0.29, 0.717) is 5.57 Å². The zero-order valence-electron chi connectivity index (χ0n) is 9.64. The van der Waals surface area contributed by atoms with Crippen LogP contribution in [0.2, 0.25) is 0 Å². The molecular weight excluding hydrogens is 216 g/mol. The molecule has 0 heterocycles. The summed E-state index contributed by atoms with van der Waals surface area (Å²) in [6.07, 6.45) is 0.799. The molecule has 0 spiro atoms. The van der Waals surface area contributed by atoms with Crippen LogP contribution >= 0.6 is 0 Å². The quantitative estimate of drug-likeness (QED) is 0.479. The molecule has 1 aromatic carbocycles. The van der Waals surface area contributed by atoms with Gasteiger partial charge in [0.2, 0.25) is 0 Å². The minimum Gasteiger partial charge on any atom is -0.456 e. The lowest BCUT2D eigenvalue weighted by Crippen LogP contribution is -2.18. The molecule has 1 aromatic rings. The van der Waals surface area contributed by atoms with Crippen molar-refractivity contribution in [3.63, 3.8) is 0 Å². The van der Waals surface area contributed by atoms with Crippen LogP contribution in [-0.4, -0.2) is 18.0 Å². The number of esters is 1. The van der Waals surface area contributed by atoms with E-state index in [-0.39, 0.29) is 12.3 Å². The summed E-state index contributed by atoms with van der Waals surface area (Å²) in [4.78, 5) is 15.3. The van der Waals surface area contributed by atoms with Gasteiger partial charge in [-0.3, -0.25) is 5.41 Å². The summed E-state index contributed by atoms with van der Waals surface area (Å²) in [6, 6.07) is 9.35. The second kappa shape index (κ2) is 6.37. The molecular formula is C13H14N2O2. The van der Waals surface area contributed by atoms with Crippen LogP contribution in [0.1, 0.15) is 12.5 Å². The normalized spacial score (nSPS) is 10.8. The zero-order valence-corrected chi connectivity index (χ0v) is 9.64. The van der Waals surface area contributed by atoms with Gasteiger partial charge in [0, 0.05) is 0 Å². The molecule has 0 aliphatic carbocycles. The first-order valence-corrected chi connectivity index (χ1v) is 5.09. The predicted molar refractivity (Wildman–Crippen MR) is 67.3 cm³/mol. The number of hydrogen-bond acceptors (Lipinski definition) is 3. The van der Waals surface area contributed by atoms with Crippen LogP contribution in [0.4, 0.5) is 0 Å². The Morgan fingerprint density at radius 2 is 2.12 bits per heavy atom. The molecule has 4 heteroatoms. The molecule has 88 valence electrons. The topological polar surface area (TPSA) is 62.5 Å². The lowest BCUT2D eigenvalue weighted by Gasteiger charge is -2.06. The Labute approximate surface area is 100 Å². The van der Waals surface area contributed by atoms with Crippen molar-refractivity contribution >= 4 is 18.0 Å². The Morgan fingerprint density at radius 3 is 2.65 bits per heavy atom. The Kier molecular flexibility index (Phi) is 4.81. The highest BCUT2D eigenvalue weighted by atomic mass is 16.5. The van der Waals surface area contributed by atoms with Crippen molar-refractivity contribution < 1.29 is 9.53 Å². The molecule has 0 aliphatic rings. The molecule has 0 aromatic heterocycles. The molecule has 1 rings (SSSR count). The maximum Gasteiger partial charge on any atom is 0.357 e. The number of aliphatic imine (C=N–C) groups is 1. The Bertz CT molecular complexity index is 450. The van der Waals surface area contributed by atoms with Gasteiger partial charge in [0.15, 0.2) is 5.71 Å². The average Bonchev–Trinajstić information content (AvgIpc) is 2.34. The van der Waals surface area contributed by atoms with Crippen molar-refractivity contribution in [2.45, 2.75) is 13.5 Å². The van der Waals surface area contributed by atoms with Gasteiger partial charge >= 0.3 is 5.97 Å². The first-order chi connectivity index (χ1) is 8.15. The highest BCUT2D eigenvalue weighted by molar-refractivity contribution is 6.43. The molecule has 0 atom stereocenters. The van der Waals surface area contributed by atoms with E-state index in [4.69, 9.17) is 10.1 Å². The molecule has 0 aliphatic heterocycles. The van der Waals surface area contributed by atoms with Gasteiger partial charge in [0.25, 0.3) is 0 Å². The Balaban J connectivity index is 2.63.